The van der Waals surface area contributed by atoms with Gasteiger partial charge in [-0.05, 0) is 18.1 Å². The van der Waals surface area contributed by atoms with Crippen LogP contribution in [-0.2, 0) is 20.5 Å². The van der Waals surface area contributed by atoms with Crippen molar-refractivity contribution in [3.8, 4) is 5.75 Å². The lowest BCUT2D eigenvalue weighted by Crippen LogP contribution is -2.42. The van der Waals surface area contributed by atoms with Crippen LogP contribution in [0, 0.1) is 5.92 Å². The van der Waals surface area contributed by atoms with E-state index in [9.17, 15) is 14.4 Å². The number of hydrogen-bond donors (Lipinski definition) is 1. The molecule has 24 heavy (non-hydrogen) atoms. The molecule has 0 saturated heterocycles. The van der Waals surface area contributed by atoms with Crippen LogP contribution in [0.25, 0.3) is 0 Å². The van der Waals surface area contributed by atoms with Gasteiger partial charge in [0.05, 0.1) is 6.61 Å². The quantitative estimate of drug-likeness (QED) is 0.864. The fraction of sp³-hybridized carbons (Fsp3) is 0.353. The number of benzene rings is 1. The zero-order valence-electron chi connectivity index (χ0n) is 13.6. The van der Waals surface area contributed by atoms with Crippen molar-refractivity contribution in [2.45, 2.75) is 6.42 Å². The lowest BCUT2D eigenvalue weighted by molar-refractivity contribution is 0.0928. The average Bonchev–Trinajstić information content (AvgIpc) is 2.60. The topological polar surface area (TPSA) is 82.3 Å². The molecule has 1 aromatic heterocycles. The largest absolute Gasteiger partial charge is 0.493 e. The number of nitrogens with zero attached hydrogens (tertiary/aromatic N) is 2. The number of rotatable bonds is 3. The van der Waals surface area contributed by atoms with Crippen LogP contribution in [0.3, 0.4) is 0 Å². The minimum atomic E-state index is -0.525. The van der Waals surface area contributed by atoms with Gasteiger partial charge in [-0.15, -0.1) is 0 Å². The van der Waals surface area contributed by atoms with Crippen LogP contribution in [0.1, 0.15) is 16.1 Å². The maximum absolute atomic E-state index is 12.3. The SMILES string of the molecule is Cn1c(C(=O)NC[C@H]2COc3ccccc3C2)cc(=O)n(C)c1=O. The summed E-state index contributed by atoms with van der Waals surface area (Å²) in [6, 6.07) is 8.99. The molecular weight excluding hydrogens is 310 g/mol. The first-order chi connectivity index (χ1) is 11.5. The number of carbonyl (C=O) groups is 1. The van der Waals surface area contributed by atoms with Gasteiger partial charge in [-0.2, -0.15) is 0 Å². The molecule has 1 aliphatic rings. The Kier molecular flexibility index (Phi) is 4.24. The molecule has 1 N–H and O–H groups in total. The summed E-state index contributed by atoms with van der Waals surface area (Å²) in [5, 5.41) is 2.79. The first kappa shape index (κ1) is 16.0. The second kappa shape index (κ2) is 6.35. The van der Waals surface area contributed by atoms with Gasteiger partial charge in [0.15, 0.2) is 0 Å². The fourth-order valence-corrected chi connectivity index (χ4v) is 2.80. The molecule has 0 aliphatic carbocycles. The molecule has 0 spiro atoms. The van der Waals surface area contributed by atoms with Crippen LogP contribution >= 0.6 is 0 Å². The van der Waals surface area contributed by atoms with Gasteiger partial charge in [-0.1, -0.05) is 18.2 Å². The van der Waals surface area contributed by atoms with Gasteiger partial charge in [0.1, 0.15) is 11.4 Å². The van der Waals surface area contributed by atoms with E-state index in [2.05, 4.69) is 5.32 Å². The molecule has 0 fully saturated rings. The number of amides is 1. The molecule has 0 radical (unpaired) electrons. The Balaban J connectivity index is 1.69. The maximum atomic E-state index is 12.3. The third-order valence-corrected chi connectivity index (χ3v) is 4.27. The highest BCUT2D eigenvalue weighted by atomic mass is 16.5. The van der Waals surface area contributed by atoms with Crippen LogP contribution in [-0.4, -0.2) is 28.2 Å². The van der Waals surface area contributed by atoms with Gasteiger partial charge < -0.3 is 10.1 Å². The monoisotopic (exact) mass is 329 g/mol. The Morgan fingerprint density at radius 2 is 2.00 bits per heavy atom. The molecule has 0 saturated carbocycles. The van der Waals surface area contributed by atoms with Gasteiger partial charge in [0.2, 0.25) is 0 Å². The predicted octanol–water partition coefficient (Wildman–Crippen LogP) is 0.0651. The average molecular weight is 329 g/mol. The number of para-hydroxylation sites is 1. The Hall–Kier alpha value is -2.83. The van der Waals surface area contributed by atoms with Gasteiger partial charge in [0, 0.05) is 32.6 Å². The molecule has 0 unspecified atom stereocenters. The summed E-state index contributed by atoms with van der Waals surface area (Å²) in [5.74, 6) is 0.590. The highest BCUT2D eigenvalue weighted by Crippen LogP contribution is 2.26. The summed E-state index contributed by atoms with van der Waals surface area (Å²) in [6.45, 7) is 0.934. The predicted molar refractivity (Wildman–Crippen MR) is 88.4 cm³/mol. The highest BCUT2D eigenvalue weighted by Gasteiger charge is 2.21. The molecular formula is C17H19N3O4. The van der Waals surface area contributed by atoms with E-state index >= 15 is 0 Å². The maximum Gasteiger partial charge on any atom is 0.331 e. The third kappa shape index (κ3) is 2.97. The molecule has 2 aromatic rings. The summed E-state index contributed by atoms with van der Waals surface area (Å²) in [6.07, 6.45) is 0.811. The zero-order valence-corrected chi connectivity index (χ0v) is 13.6. The lowest BCUT2D eigenvalue weighted by Gasteiger charge is -2.25. The summed E-state index contributed by atoms with van der Waals surface area (Å²) >= 11 is 0. The van der Waals surface area contributed by atoms with E-state index in [1.54, 1.807) is 0 Å². The normalized spacial score (nSPS) is 16.2. The van der Waals surface area contributed by atoms with Crippen LogP contribution in [0.15, 0.2) is 39.9 Å². The lowest BCUT2D eigenvalue weighted by atomic mass is 9.97. The van der Waals surface area contributed by atoms with Crippen molar-refractivity contribution >= 4 is 5.91 Å². The van der Waals surface area contributed by atoms with Crippen LogP contribution in [0.4, 0.5) is 0 Å². The van der Waals surface area contributed by atoms with Crippen LogP contribution in [0.5, 0.6) is 5.75 Å². The first-order valence-corrected chi connectivity index (χ1v) is 7.73. The Bertz CT molecular complexity index is 897. The first-order valence-electron chi connectivity index (χ1n) is 7.73. The van der Waals surface area contributed by atoms with Crippen LogP contribution in [0.2, 0.25) is 0 Å². The molecule has 7 heteroatoms. The van der Waals surface area contributed by atoms with Gasteiger partial charge in [-0.25, -0.2) is 4.79 Å². The van der Waals surface area contributed by atoms with E-state index in [4.69, 9.17) is 4.74 Å². The molecule has 2 heterocycles. The Labute approximate surface area is 138 Å². The van der Waals surface area contributed by atoms with E-state index in [1.165, 1.54) is 24.7 Å². The Morgan fingerprint density at radius 3 is 2.79 bits per heavy atom. The number of nitrogens with one attached hydrogen (secondary N) is 1. The molecule has 1 amide bonds. The highest BCUT2D eigenvalue weighted by molar-refractivity contribution is 5.92. The summed E-state index contributed by atoms with van der Waals surface area (Å²) < 4.78 is 7.82. The van der Waals surface area contributed by atoms with Crippen molar-refractivity contribution < 1.29 is 9.53 Å². The fourth-order valence-electron chi connectivity index (χ4n) is 2.80. The second-order valence-electron chi connectivity index (χ2n) is 5.97. The molecule has 3 rings (SSSR count). The zero-order chi connectivity index (χ0) is 17.3. The van der Waals surface area contributed by atoms with Crippen molar-refractivity contribution in [2.24, 2.45) is 20.0 Å². The second-order valence-corrected chi connectivity index (χ2v) is 5.97. The van der Waals surface area contributed by atoms with E-state index < -0.39 is 17.2 Å². The molecule has 1 aromatic carbocycles. The van der Waals surface area contributed by atoms with E-state index in [0.29, 0.717) is 13.2 Å². The summed E-state index contributed by atoms with van der Waals surface area (Å²) in [7, 11) is 2.85. The molecule has 126 valence electrons. The number of carbonyl (C=O) groups excluding carboxylic acids is 1. The van der Waals surface area contributed by atoms with E-state index in [0.717, 1.165) is 22.3 Å². The molecule has 1 aliphatic heterocycles. The smallest absolute Gasteiger partial charge is 0.331 e. The minimum Gasteiger partial charge on any atom is -0.493 e. The van der Waals surface area contributed by atoms with Gasteiger partial charge in [0.25, 0.3) is 11.5 Å². The number of aromatic nitrogens is 2. The summed E-state index contributed by atoms with van der Waals surface area (Å²) in [5.41, 5.74) is 0.143. The van der Waals surface area contributed by atoms with Crippen molar-refractivity contribution in [2.75, 3.05) is 13.2 Å². The van der Waals surface area contributed by atoms with E-state index in [1.807, 2.05) is 24.3 Å². The van der Waals surface area contributed by atoms with Crippen molar-refractivity contribution in [1.29, 1.82) is 0 Å². The molecule has 0 bridgehead atoms. The van der Waals surface area contributed by atoms with Crippen LogP contribution < -0.4 is 21.3 Å². The van der Waals surface area contributed by atoms with Gasteiger partial charge >= 0.3 is 5.69 Å². The third-order valence-electron chi connectivity index (χ3n) is 4.27. The van der Waals surface area contributed by atoms with Gasteiger partial charge in [-0.3, -0.25) is 18.7 Å². The van der Waals surface area contributed by atoms with Crippen molar-refractivity contribution in [1.82, 2.24) is 14.5 Å². The van der Waals surface area contributed by atoms with E-state index in [-0.39, 0.29) is 11.6 Å². The number of fused-ring (bicyclic) bond motifs is 1. The summed E-state index contributed by atoms with van der Waals surface area (Å²) in [4.78, 5) is 35.9. The van der Waals surface area contributed by atoms with Crippen molar-refractivity contribution in [3.05, 3.63) is 62.4 Å². The molecule has 1 atom stereocenters. The van der Waals surface area contributed by atoms with Crippen molar-refractivity contribution in [3.63, 3.8) is 0 Å². The standard InChI is InChI=1S/C17H19N3O4/c1-19-13(8-15(21)20(2)17(19)23)16(22)18-9-11-7-12-5-3-4-6-14(12)24-10-11/h3-6,8,11H,7,9-10H2,1-2H3,(H,18,22)/t11-/m0/s1. The Morgan fingerprint density at radius 1 is 1.25 bits per heavy atom. The number of hydrogen-bond acceptors (Lipinski definition) is 4. The minimum absolute atomic E-state index is 0.0558. The number of ether oxygens (including phenoxy) is 1. The molecule has 7 nitrogen and oxygen atoms in total.